The van der Waals surface area contributed by atoms with Crippen LogP contribution in [-0.4, -0.2) is 46.1 Å². The van der Waals surface area contributed by atoms with Crippen LogP contribution >= 0.6 is 0 Å². The predicted molar refractivity (Wildman–Crippen MR) is 314 cm³/mol. The number of amides is 1. The smallest absolute Gasteiger partial charge is 0.249 e. The van der Waals surface area contributed by atoms with E-state index in [1.165, 1.54) is 289 Å². The van der Waals surface area contributed by atoms with Crippen molar-refractivity contribution in [2.45, 2.75) is 372 Å². The molecule has 0 radical (unpaired) electrons. The number of unbranched alkanes of at least 4 members (excludes halogenated alkanes) is 48. The van der Waals surface area contributed by atoms with Gasteiger partial charge < -0.3 is 20.6 Å². The van der Waals surface area contributed by atoms with E-state index >= 15 is 0 Å². The summed E-state index contributed by atoms with van der Waals surface area (Å²) >= 11 is 0. The highest BCUT2D eigenvalue weighted by molar-refractivity contribution is 5.80. The molecular formula is C66H127NO4. The molecule has 0 aliphatic heterocycles. The topological polar surface area (TPSA) is 89.8 Å². The summed E-state index contributed by atoms with van der Waals surface area (Å²) in [5.74, 6) is -0.511. The van der Waals surface area contributed by atoms with E-state index in [1.54, 1.807) is 6.08 Å². The van der Waals surface area contributed by atoms with Crippen molar-refractivity contribution in [2.24, 2.45) is 0 Å². The van der Waals surface area contributed by atoms with Crippen LogP contribution in [0.15, 0.2) is 36.5 Å². The third kappa shape index (κ3) is 56.1. The second kappa shape index (κ2) is 61.1. The quantitative estimate of drug-likeness (QED) is 0.0361. The summed E-state index contributed by atoms with van der Waals surface area (Å²) in [6.07, 6.45) is 81.3. The van der Waals surface area contributed by atoms with E-state index in [0.717, 1.165) is 44.9 Å². The summed E-state index contributed by atoms with van der Waals surface area (Å²) in [4.78, 5) is 12.6. The molecule has 0 bridgehead atoms. The first-order valence-electron chi connectivity index (χ1n) is 32.3. The van der Waals surface area contributed by atoms with Crippen LogP contribution in [0.2, 0.25) is 0 Å². The molecule has 0 spiro atoms. The number of hydrogen-bond acceptors (Lipinski definition) is 4. The molecule has 0 aromatic heterocycles. The highest BCUT2D eigenvalue weighted by atomic mass is 16.3. The minimum absolute atomic E-state index is 0.379. The molecule has 3 atom stereocenters. The number of hydrogen-bond donors (Lipinski definition) is 4. The monoisotopic (exact) mass is 998 g/mol. The highest BCUT2D eigenvalue weighted by Crippen LogP contribution is 2.19. The Hall–Kier alpha value is -1.43. The van der Waals surface area contributed by atoms with Crippen molar-refractivity contribution in [3.05, 3.63) is 36.5 Å². The summed E-state index contributed by atoms with van der Waals surface area (Å²) < 4.78 is 0. The normalized spacial score (nSPS) is 13.4. The Morgan fingerprint density at radius 1 is 0.338 bits per heavy atom. The number of carbonyl (C=O) groups excluding carboxylic acids is 1. The van der Waals surface area contributed by atoms with Crippen molar-refractivity contribution >= 4 is 5.91 Å². The molecule has 0 aromatic carbocycles. The number of nitrogens with one attached hydrogen (secondary N) is 1. The minimum atomic E-state index is -1.11. The molecule has 0 heterocycles. The first-order chi connectivity index (χ1) is 35.1. The van der Waals surface area contributed by atoms with Gasteiger partial charge in [-0.05, 0) is 44.9 Å². The Morgan fingerprint density at radius 3 is 0.859 bits per heavy atom. The van der Waals surface area contributed by atoms with Crippen molar-refractivity contribution in [3.8, 4) is 0 Å². The Balaban J connectivity index is 3.50. The van der Waals surface area contributed by atoms with Gasteiger partial charge in [0.05, 0.1) is 18.8 Å². The third-order valence-electron chi connectivity index (χ3n) is 15.2. The zero-order valence-corrected chi connectivity index (χ0v) is 48.1. The molecule has 0 saturated heterocycles. The molecule has 0 fully saturated rings. The minimum Gasteiger partial charge on any atom is -0.394 e. The van der Waals surface area contributed by atoms with Gasteiger partial charge in [-0.1, -0.05) is 346 Å². The molecule has 3 unspecified atom stereocenters. The second-order valence-electron chi connectivity index (χ2n) is 22.3. The van der Waals surface area contributed by atoms with Crippen molar-refractivity contribution < 1.29 is 20.1 Å². The van der Waals surface area contributed by atoms with Gasteiger partial charge in [-0.25, -0.2) is 0 Å². The van der Waals surface area contributed by atoms with E-state index in [-0.39, 0.29) is 6.61 Å². The number of allylic oxidation sites excluding steroid dienone is 5. The van der Waals surface area contributed by atoms with Crippen LogP contribution in [0.5, 0.6) is 0 Å². The molecule has 0 rings (SSSR count). The molecule has 71 heavy (non-hydrogen) atoms. The maximum Gasteiger partial charge on any atom is 0.249 e. The highest BCUT2D eigenvalue weighted by Gasteiger charge is 2.22. The average Bonchev–Trinajstić information content (AvgIpc) is 3.38. The lowest BCUT2D eigenvalue weighted by Crippen LogP contribution is -2.48. The maximum atomic E-state index is 12.6. The number of carbonyl (C=O) groups is 1. The van der Waals surface area contributed by atoms with E-state index in [1.807, 2.05) is 6.08 Å². The Bertz CT molecular complexity index is 1100. The Morgan fingerprint density at radius 2 is 0.577 bits per heavy atom. The molecule has 4 N–H and O–H groups in total. The van der Waals surface area contributed by atoms with Crippen molar-refractivity contribution in [1.29, 1.82) is 0 Å². The fourth-order valence-electron chi connectivity index (χ4n) is 10.2. The lowest BCUT2D eigenvalue weighted by Gasteiger charge is -2.21. The van der Waals surface area contributed by atoms with Gasteiger partial charge in [0, 0.05) is 0 Å². The number of rotatable bonds is 60. The lowest BCUT2D eigenvalue weighted by atomic mass is 10.0. The average molecular weight is 999 g/mol. The fraction of sp³-hybridized carbons (Fsp3) is 0.894. The van der Waals surface area contributed by atoms with Crippen LogP contribution in [0.1, 0.15) is 354 Å². The lowest BCUT2D eigenvalue weighted by molar-refractivity contribution is -0.131. The van der Waals surface area contributed by atoms with Gasteiger partial charge in [0.1, 0.15) is 6.10 Å². The Labute approximate surface area is 444 Å². The van der Waals surface area contributed by atoms with E-state index in [9.17, 15) is 20.1 Å². The zero-order chi connectivity index (χ0) is 51.4. The largest absolute Gasteiger partial charge is 0.394 e. The first kappa shape index (κ1) is 69.6. The van der Waals surface area contributed by atoms with Gasteiger partial charge in [0.2, 0.25) is 5.91 Å². The Kier molecular flexibility index (Phi) is 59.9. The van der Waals surface area contributed by atoms with Crippen LogP contribution in [0.4, 0.5) is 0 Å². The van der Waals surface area contributed by atoms with Crippen LogP contribution in [0, 0.1) is 0 Å². The number of aliphatic hydroxyl groups is 3. The molecule has 420 valence electrons. The van der Waals surface area contributed by atoms with Gasteiger partial charge in [-0.15, -0.1) is 0 Å². The molecule has 0 aromatic rings. The summed E-state index contributed by atoms with van der Waals surface area (Å²) in [5, 5.41) is 33.4. The molecule has 0 saturated carbocycles. The SMILES string of the molecule is CCCCCCCCCCCCC/C=C/CC/C=C/CC/C=C/C(O)C(CO)NC(=O)C(O)CCCCCCCCCCCCCCCCCCCCCCCCCCCCCCCCCCCCCC. The van der Waals surface area contributed by atoms with Gasteiger partial charge in [-0.3, -0.25) is 4.79 Å². The van der Waals surface area contributed by atoms with Crippen molar-refractivity contribution in [1.82, 2.24) is 5.32 Å². The molecule has 5 heteroatoms. The molecule has 0 aliphatic rings. The zero-order valence-electron chi connectivity index (χ0n) is 48.1. The van der Waals surface area contributed by atoms with Gasteiger partial charge >= 0.3 is 0 Å². The molecule has 5 nitrogen and oxygen atoms in total. The van der Waals surface area contributed by atoms with E-state index in [2.05, 4.69) is 43.5 Å². The molecule has 0 aliphatic carbocycles. The second-order valence-corrected chi connectivity index (χ2v) is 22.3. The van der Waals surface area contributed by atoms with Crippen LogP contribution < -0.4 is 5.32 Å². The van der Waals surface area contributed by atoms with Crippen LogP contribution in [-0.2, 0) is 4.79 Å². The van der Waals surface area contributed by atoms with E-state index in [0.29, 0.717) is 6.42 Å². The first-order valence-corrected chi connectivity index (χ1v) is 32.3. The summed E-state index contributed by atoms with van der Waals surface area (Å²) in [6.45, 7) is 4.21. The van der Waals surface area contributed by atoms with Gasteiger partial charge in [0.25, 0.3) is 0 Å². The predicted octanol–water partition coefficient (Wildman–Crippen LogP) is 20.6. The third-order valence-corrected chi connectivity index (χ3v) is 15.2. The van der Waals surface area contributed by atoms with Gasteiger partial charge in [0.15, 0.2) is 0 Å². The van der Waals surface area contributed by atoms with Crippen LogP contribution in [0.3, 0.4) is 0 Å². The number of aliphatic hydroxyl groups excluding tert-OH is 3. The summed E-state index contributed by atoms with van der Waals surface area (Å²) in [7, 11) is 0. The van der Waals surface area contributed by atoms with Crippen LogP contribution in [0.25, 0.3) is 0 Å². The standard InChI is InChI=1S/C66H127NO4/c1-3-5-7-9-11-13-15-17-19-21-23-25-26-27-28-29-30-31-32-33-34-35-36-37-38-39-41-43-45-47-49-51-53-55-57-59-61-65(70)66(71)67-63(62-68)64(69)60-58-56-54-52-50-48-46-44-42-40-24-22-20-18-16-14-12-10-8-6-4-2/h42,44,50,52,58,60,63-65,68-70H,3-41,43,45-49,51,53-57,59,61-62H2,1-2H3,(H,67,71)/b44-42+,52-50+,60-58+. The van der Waals surface area contributed by atoms with Crippen molar-refractivity contribution in [2.75, 3.05) is 6.61 Å². The maximum absolute atomic E-state index is 12.6. The van der Waals surface area contributed by atoms with E-state index < -0.39 is 24.2 Å². The van der Waals surface area contributed by atoms with Crippen molar-refractivity contribution in [3.63, 3.8) is 0 Å². The molecular weight excluding hydrogens is 871 g/mol. The van der Waals surface area contributed by atoms with Gasteiger partial charge in [-0.2, -0.15) is 0 Å². The fourth-order valence-corrected chi connectivity index (χ4v) is 10.2. The summed E-state index contributed by atoms with van der Waals surface area (Å²) in [5.41, 5.74) is 0. The summed E-state index contributed by atoms with van der Waals surface area (Å²) in [6, 6.07) is -0.821. The van der Waals surface area contributed by atoms with E-state index in [4.69, 9.17) is 0 Å². The molecule has 1 amide bonds.